The second-order valence-corrected chi connectivity index (χ2v) is 8.01. The minimum atomic E-state index is -0.947. The van der Waals surface area contributed by atoms with E-state index in [0.29, 0.717) is 31.7 Å². The summed E-state index contributed by atoms with van der Waals surface area (Å²) in [7, 11) is 0. The summed E-state index contributed by atoms with van der Waals surface area (Å²) < 4.78 is 31.4. The number of likely N-dealkylation sites (tertiary alicyclic amines) is 2. The van der Waals surface area contributed by atoms with Crippen LogP contribution in [0.25, 0.3) is 0 Å². The number of rotatable bonds is 2. The van der Waals surface area contributed by atoms with Crippen molar-refractivity contribution < 1.29 is 23.1 Å². The molecule has 2 saturated heterocycles. The van der Waals surface area contributed by atoms with Gasteiger partial charge in [-0.15, -0.1) is 0 Å². The molecule has 2 aliphatic rings. The van der Waals surface area contributed by atoms with Crippen molar-refractivity contribution in [3.8, 4) is 0 Å². The maximum Gasteiger partial charge on any atom is 0.410 e. The second kappa shape index (κ2) is 5.97. The lowest BCUT2D eigenvalue weighted by atomic mass is 9.73. The van der Waals surface area contributed by atoms with Crippen molar-refractivity contribution in [2.75, 3.05) is 26.2 Å². The molecule has 2 aliphatic heterocycles. The van der Waals surface area contributed by atoms with Gasteiger partial charge in [-0.05, 0) is 38.5 Å². The maximum absolute atomic E-state index is 13.2. The van der Waals surface area contributed by atoms with Gasteiger partial charge in [-0.2, -0.15) is 0 Å². The molecule has 2 fully saturated rings. The van der Waals surface area contributed by atoms with E-state index >= 15 is 0 Å². The van der Waals surface area contributed by atoms with Gasteiger partial charge in [0, 0.05) is 31.6 Å². The van der Waals surface area contributed by atoms with Crippen LogP contribution in [0.3, 0.4) is 0 Å². The zero-order valence-electron chi connectivity index (χ0n) is 14.6. The van der Waals surface area contributed by atoms with Crippen LogP contribution in [0, 0.1) is 17.0 Å². The number of hydrogen-bond acceptors (Lipinski definition) is 3. The van der Waals surface area contributed by atoms with Gasteiger partial charge < -0.3 is 14.5 Å². The van der Waals surface area contributed by atoms with Crippen LogP contribution >= 0.6 is 0 Å². The quantitative estimate of drug-likeness (QED) is 0.822. The van der Waals surface area contributed by atoms with Crippen LogP contribution in [-0.4, -0.2) is 53.6 Å². The fourth-order valence-electron chi connectivity index (χ4n) is 3.29. The molecule has 3 rings (SSSR count). The molecule has 2 amide bonds. The SMILES string of the molecule is CC(C)(C)OC(=O)N1CC2(CN(C(=O)Cc3ccc(F)c(F)c3)C2)C1. The van der Waals surface area contributed by atoms with Crippen molar-refractivity contribution in [3.63, 3.8) is 0 Å². The van der Waals surface area contributed by atoms with Crippen molar-refractivity contribution in [2.45, 2.75) is 32.8 Å². The summed E-state index contributed by atoms with van der Waals surface area (Å²) >= 11 is 0. The summed E-state index contributed by atoms with van der Waals surface area (Å²) in [6, 6.07) is 3.50. The minimum Gasteiger partial charge on any atom is -0.444 e. The van der Waals surface area contributed by atoms with Crippen molar-refractivity contribution in [3.05, 3.63) is 35.4 Å². The molecule has 0 unspecified atom stereocenters. The van der Waals surface area contributed by atoms with Gasteiger partial charge >= 0.3 is 6.09 Å². The summed E-state index contributed by atoms with van der Waals surface area (Å²) in [6.07, 6.45) is -0.284. The Morgan fingerprint density at radius 3 is 2.24 bits per heavy atom. The highest BCUT2D eigenvalue weighted by Gasteiger charge is 2.55. The Kier molecular flexibility index (Phi) is 4.21. The number of ether oxygens (including phenoxy) is 1. The summed E-state index contributed by atoms with van der Waals surface area (Å²) in [4.78, 5) is 27.5. The lowest BCUT2D eigenvalue weighted by molar-refractivity contribution is -0.156. The molecule has 0 aliphatic carbocycles. The van der Waals surface area contributed by atoms with E-state index in [-0.39, 0.29) is 23.8 Å². The average molecular weight is 352 g/mol. The number of amides is 2. The smallest absolute Gasteiger partial charge is 0.410 e. The summed E-state index contributed by atoms with van der Waals surface area (Å²) in [5.41, 5.74) is -0.110. The molecule has 0 N–H and O–H groups in total. The normalized spacial score (nSPS) is 18.6. The molecule has 1 aromatic carbocycles. The Morgan fingerprint density at radius 2 is 1.68 bits per heavy atom. The number of hydrogen-bond donors (Lipinski definition) is 0. The maximum atomic E-state index is 13.2. The van der Waals surface area contributed by atoms with E-state index in [0.717, 1.165) is 12.1 Å². The molecular formula is C18H22F2N2O3. The van der Waals surface area contributed by atoms with Crippen molar-refractivity contribution in [2.24, 2.45) is 5.41 Å². The van der Waals surface area contributed by atoms with Gasteiger partial charge in [0.25, 0.3) is 0 Å². The molecule has 1 spiro atoms. The third kappa shape index (κ3) is 3.75. The molecule has 0 atom stereocenters. The van der Waals surface area contributed by atoms with Crippen molar-refractivity contribution in [1.82, 2.24) is 9.80 Å². The van der Waals surface area contributed by atoms with Gasteiger partial charge in [0.1, 0.15) is 5.60 Å². The largest absolute Gasteiger partial charge is 0.444 e. The summed E-state index contributed by atoms with van der Waals surface area (Å²) in [5.74, 6) is -1.99. The number of carbonyl (C=O) groups is 2. The van der Waals surface area contributed by atoms with Crippen LogP contribution in [0.1, 0.15) is 26.3 Å². The van der Waals surface area contributed by atoms with Crippen LogP contribution in [0.15, 0.2) is 18.2 Å². The first-order valence-electron chi connectivity index (χ1n) is 8.27. The molecule has 7 heteroatoms. The Balaban J connectivity index is 1.46. The van der Waals surface area contributed by atoms with E-state index in [2.05, 4.69) is 0 Å². The monoisotopic (exact) mass is 352 g/mol. The molecule has 0 saturated carbocycles. The van der Waals surface area contributed by atoms with Gasteiger partial charge in [0.2, 0.25) is 5.91 Å². The van der Waals surface area contributed by atoms with Crippen LogP contribution in [-0.2, 0) is 16.0 Å². The van der Waals surface area contributed by atoms with Crippen LogP contribution in [0.2, 0.25) is 0 Å². The predicted molar refractivity (Wildman–Crippen MR) is 86.9 cm³/mol. The first-order valence-corrected chi connectivity index (χ1v) is 8.27. The summed E-state index contributed by atoms with van der Waals surface area (Å²) in [5, 5.41) is 0. The molecule has 5 nitrogen and oxygen atoms in total. The molecule has 136 valence electrons. The Labute approximate surface area is 145 Å². The number of halogens is 2. The Bertz CT molecular complexity index is 701. The molecule has 25 heavy (non-hydrogen) atoms. The highest BCUT2D eigenvalue weighted by molar-refractivity contribution is 5.80. The highest BCUT2D eigenvalue weighted by atomic mass is 19.2. The Hall–Kier alpha value is -2.18. The third-order valence-electron chi connectivity index (χ3n) is 4.45. The van der Waals surface area contributed by atoms with Crippen molar-refractivity contribution in [1.29, 1.82) is 0 Å². The average Bonchev–Trinajstić information content (AvgIpc) is 2.37. The van der Waals surface area contributed by atoms with Gasteiger partial charge in [-0.1, -0.05) is 6.07 Å². The predicted octanol–water partition coefficient (Wildman–Crippen LogP) is 2.59. The zero-order chi connectivity index (χ0) is 18.4. The standard InChI is InChI=1S/C18H22F2N2O3/c1-17(2,3)25-16(24)22-10-18(11-22)8-21(9-18)15(23)7-12-4-5-13(19)14(20)6-12/h4-6H,7-11H2,1-3H3. The van der Waals surface area contributed by atoms with Crippen LogP contribution < -0.4 is 0 Å². The van der Waals surface area contributed by atoms with Crippen LogP contribution in [0.4, 0.5) is 13.6 Å². The molecule has 0 aromatic heterocycles. The zero-order valence-corrected chi connectivity index (χ0v) is 14.6. The van der Waals surface area contributed by atoms with E-state index in [1.807, 2.05) is 20.8 Å². The van der Waals surface area contributed by atoms with Gasteiger partial charge in [-0.3, -0.25) is 4.79 Å². The lowest BCUT2D eigenvalue weighted by Gasteiger charge is -2.59. The first-order chi connectivity index (χ1) is 11.6. The van der Waals surface area contributed by atoms with E-state index in [9.17, 15) is 18.4 Å². The van der Waals surface area contributed by atoms with Crippen LogP contribution in [0.5, 0.6) is 0 Å². The van der Waals surface area contributed by atoms with Crippen molar-refractivity contribution >= 4 is 12.0 Å². The van der Waals surface area contributed by atoms with E-state index in [4.69, 9.17) is 4.74 Å². The molecule has 1 aromatic rings. The van der Waals surface area contributed by atoms with E-state index in [1.54, 1.807) is 9.80 Å². The fourth-order valence-corrected chi connectivity index (χ4v) is 3.29. The highest BCUT2D eigenvalue weighted by Crippen LogP contribution is 2.40. The van der Waals surface area contributed by atoms with E-state index in [1.165, 1.54) is 6.07 Å². The molecule has 2 heterocycles. The lowest BCUT2D eigenvalue weighted by Crippen LogP contribution is -2.74. The Morgan fingerprint density at radius 1 is 1.08 bits per heavy atom. The second-order valence-electron chi connectivity index (χ2n) is 8.01. The minimum absolute atomic E-state index is 0.0411. The summed E-state index contributed by atoms with van der Waals surface area (Å²) in [6.45, 7) is 7.78. The molecular weight excluding hydrogens is 330 g/mol. The van der Waals surface area contributed by atoms with E-state index < -0.39 is 17.2 Å². The number of benzene rings is 1. The first kappa shape index (κ1) is 17.6. The third-order valence-corrected chi connectivity index (χ3v) is 4.45. The van der Waals surface area contributed by atoms with Gasteiger partial charge in [-0.25, -0.2) is 13.6 Å². The molecule has 0 radical (unpaired) electrons. The number of nitrogens with zero attached hydrogens (tertiary/aromatic N) is 2. The topological polar surface area (TPSA) is 49.9 Å². The molecule has 0 bridgehead atoms. The fraction of sp³-hybridized carbons (Fsp3) is 0.556. The number of carbonyl (C=O) groups excluding carboxylic acids is 2. The van der Waals surface area contributed by atoms with Gasteiger partial charge in [0.05, 0.1) is 6.42 Å². The van der Waals surface area contributed by atoms with Gasteiger partial charge in [0.15, 0.2) is 11.6 Å².